The summed E-state index contributed by atoms with van der Waals surface area (Å²) in [5, 5.41) is 19.8. The first kappa shape index (κ1) is 29.3. The van der Waals surface area contributed by atoms with Gasteiger partial charge in [0.05, 0.1) is 16.9 Å². The number of alkyl halides is 3. The number of fused-ring (bicyclic) bond motifs is 1. The second kappa shape index (κ2) is 10.9. The van der Waals surface area contributed by atoms with E-state index in [1.165, 1.54) is 30.3 Å². The standard InChI is InChI=1S/C30H22F5N3O5/c1-14-6-8-18(10-15(14)2)38-23-13-17(30(33,34)35)12-21(32)25(23)26(28(38)40)37-36-22-5-3-4-19(27(22)39)16-7-9-20(31)24(11-16)43-29(41)42/h3-13,26,36-37,39H,1-2H3,(H,41,42). The van der Waals surface area contributed by atoms with Crippen LogP contribution in [0, 0.1) is 25.5 Å². The molecular weight excluding hydrogens is 577 g/mol. The van der Waals surface area contributed by atoms with Crippen LogP contribution < -0.4 is 20.5 Å². The number of ether oxygens (including phenoxy) is 1. The Morgan fingerprint density at radius 3 is 2.37 bits per heavy atom. The Bertz CT molecular complexity index is 1780. The van der Waals surface area contributed by atoms with Crippen LogP contribution in [0.15, 0.2) is 66.7 Å². The van der Waals surface area contributed by atoms with E-state index in [0.29, 0.717) is 12.1 Å². The van der Waals surface area contributed by atoms with E-state index in [1.807, 2.05) is 6.92 Å². The minimum atomic E-state index is -4.88. The van der Waals surface area contributed by atoms with Gasteiger partial charge >= 0.3 is 12.3 Å². The number of nitrogens with one attached hydrogen (secondary N) is 2. The zero-order valence-corrected chi connectivity index (χ0v) is 22.4. The number of aryl methyl sites for hydroxylation is 2. The highest BCUT2D eigenvalue weighted by Gasteiger charge is 2.43. The maximum Gasteiger partial charge on any atom is 0.511 e. The van der Waals surface area contributed by atoms with Gasteiger partial charge in [-0.15, -0.1) is 0 Å². The number of phenols is 1. The molecule has 1 aliphatic heterocycles. The van der Waals surface area contributed by atoms with Crippen LogP contribution in [0.5, 0.6) is 11.5 Å². The number of phenolic OH excluding ortho intramolecular Hbond substituents is 1. The first-order chi connectivity index (χ1) is 20.3. The number of halogens is 5. The first-order valence-corrected chi connectivity index (χ1v) is 12.6. The lowest BCUT2D eigenvalue weighted by Crippen LogP contribution is -2.35. The predicted molar refractivity (Wildman–Crippen MR) is 146 cm³/mol. The van der Waals surface area contributed by atoms with Gasteiger partial charge in [0.2, 0.25) is 0 Å². The van der Waals surface area contributed by atoms with E-state index >= 15 is 4.39 Å². The zero-order chi connectivity index (χ0) is 31.2. The molecule has 1 amide bonds. The molecule has 43 heavy (non-hydrogen) atoms. The third-order valence-electron chi connectivity index (χ3n) is 7.01. The van der Waals surface area contributed by atoms with Crippen molar-refractivity contribution in [2.45, 2.75) is 26.1 Å². The van der Waals surface area contributed by atoms with Crippen molar-refractivity contribution in [1.82, 2.24) is 5.43 Å². The maximum atomic E-state index is 15.3. The van der Waals surface area contributed by atoms with Crippen LogP contribution in [0.25, 0.3) is 11.1 Å². The topological polar surface area (TPSA) is 111 Å². The van der Waals surface area contributed by atoms with E-state index in [-0.39, 0.29) is 33.8 Å². The number of anilines is 3. The summed E-state index contributed by atoms with van der Waals surface area (Å²) in [6.45, 7) is 3.58. The first-order valence-electron chi connectivity index (χ1n) is 12.6. The van der Waals surface area contributed by atoms with Gasteiger partial charge in [-0.2, -0.15) is 13.2 Å². The van der Waals surface area contributed by atoms with Crippen molar-refractivity contribution in [3.63, 3.8) is 0 Å². The number of aromatic hydroxyl groups is 1. The fourth-order valence-electron chi connectivity index (χ4n) is 4.74. The van der Waals surface area contributed by atoms with Crippen molar-refractivity contribution in [1.29, 1.82) is 0 Å². The molecule has 1 unspecified atom stereocenters. The van der Waals surface area contributed by atoms with Crippen LogP contribution in [0.3, 0.4) is 0 Å². The lowest BCUT2D eigenvalue weighted by molar-refractivity contribution is -0.137. The van der Waals surface area contributed by atoms with Gasteiger partial charge < -0.3 is 20.4 Å². The molecule has 1 aliphatic rings. The molecule has 0 aliphatic carbocycles. The van der Waals surface area contributed by atoms with E-state index in [9.17, 15) is 32.3 Å². The Morgan fingerprint density at radius 2 is 1.70 bits per heavy atom. The summed E-state index contributed by atoms with van der Waals surface area (Å²) >= 11 is 0. The number of hydrazine groups is 1. The van der Waals surface area contributed by atoms with Crippen LogP contribution in [0.2, 0.25) is 0 Å². The molecule has 1 atom stereocenters. The smallest absolute Gasteiger partial charge is 0.505 e. The van der Waals surface area contributed by atoms with Crippen molar-refractivity contribution in [2.24, 2.45) is 0 Å². The van der Waals surface area contributed by atoms with Crippen LogP contribution in [-0.2, 0) is 11.0 Å². The van der Waals surface area contributed by atoms with Gasteiger partial charge in [0.15, 0.2) is 11.6 Å². The molecule has 13 heteroatoms. The lowest BCUT2D eigenvalue weighted by Gasteiger charge is -2.20. The van der Waals surface area contributed by atoms with E-state index < -0.39 is 53.0 Å². The van der Waals surface area contributed by atoms with E-state index in [1.54, 1.807) is 19.1 Å². The molecule has 0 spiro atoms. The summed E-state index contributed by atoms with van der Waals surface area (Å²) in [6.07, 6.45) is -6.62. The Hall–Kier alpha value is -5.17. The molecule has 0 saturated heterocycles. The van der Waals surface area contributed by atoms with Gasteiger partial charge in [0, 0.05) is 16.8 Å². The van der Waals surface area contributed by atoms with Gasteiger partial charge in [0.1, 0.15) is 17.6 Å². The second-order valence-corrected chi connectivity index (χ2v) is 9.75. The average Bonchev–Trinajstić information content (AvgIpc) is 3.21. The number of hydrogen-bond acceptors (Lipinski definition) is 6. The third-order valence-corrected chi connectivity index (χ3v) is 7.01. The highest BCUT2D eigenvalue weighted by molar-refractivity contribution is 6.10. The molecule has 4 aromatic carbocycles. The number of nitrogens with zero attached hydrogens (tertiary/aromatic N) is 1. The molecule has 4 aromatic rings. The Balaban J connectivity index is 1.51. The lowest BCUT2D eigenvalue weighted by atomic mass is 10.0. The van der Waals surface area contributed by atoms with Crippen molar-refractivity contribution < 1.29 is 46.5 Å². The summed E-state index contributed by atoms with van der Waals surface area (Å²) in [7, 11) is 0. The van der Waals surface area contributed by atoms with Gasteiger partial charge in [-0.05, 0) is 73.0 Å². The molecular formula is C30H22F5N3O5. The number of carboxylic acid groups (broad SMARTS) is 1. The summed E-state index contributed by atoms with van der Waals surface area (Å²) in [6, 6.07) is 11.9. The number of carbonyl (C=O) groups excluding carboxylic acids is 1. The molecule has 4 N–H and O–H groups in total. The van der Waals surface area contributed by atoms with Gasteiger partial charge in [-0.25, -0.2) is 19.0 Å². The highest BCUT2D eigenvalue weighted by atomic mass is 19.4. The van der Waals surface area contributed by atoms with Gasteiger partial charge in [-0.1, -0.05) is 24.3 Å². The molecule has 1 heterocycles. The van der Waals surface area contributed by atoms with E-state index in [0.717, 1.165) is 28.2 Å². The predicted octanol–water partition coefficient (Wildman–Crippen LogP) is 7.37. The van der Waals surface area contributed by atoms with E-state index in [2.05, 4.69) is 15.6 Å². The normalized spacial score (nSPS) is 14.5. The monoisotopic (exact) mass is 599 g/mol. The molecule has 0 radical (unpaired) electrons. The van der Waals surface area contributed by atoms with Crippen LogP contribution >= 0.6 is 0 Å². The number of amides is 1. The van der Waals surface area contributed by atoms with Crippen molar-refractivity contribution in [3.8, 4) is 22.6 Å². The minimum absolute atomic E-state index is 0.0335. The van der Waals surface area contributed by atoms with Gasteiger partial charge in [0.25, 0.3) is 5.91 Å². The SMILES string of the molecule is Cc1ccc(N2C(=O)C(NNc3cccc(-c4ccc(F)c(OC(=O)O)c4)c3O)c3c(F)cc(C(F)(F)F)cc32)cc1C. The quantitative estimate of drug-likeness (QED) is 0.0602. The number of carbonyl (C=O) groups is 2. The zero-order valence-electron chi connectivity index (χ0n) is 22.4. The Morgan fingerprint density at radius 1 is 0.953 bits per heavy atom. The summed E-state index contributed by atoms with van der Waals surface area (Å²) in [5.74, 6) is -4.03. The second-order valence-electron chi connectivity index (χ2n) is 9.75. The largest absolute Gasteiger partial charge is 0.511 e. The number of rotatable bonds is 6. The maximum absolute atomic E-state index is 15.3. The van der Waals surface area contributed by atoms with Crippen LogP contribution in [-0.4, -0.2) is 22.3 Å². The van der Waals surface area contributed by atoms with Crippen LogP contribution in [0.1, 0.15) is 28.3 Å². The summed E-state index contributed by atoms with van der Waals surface area (Å²) in [4.78, 5) is 25.5. The summed E-state index contributed by atoms with van der Waals surface area (Å²) < 4.78 is 74.5. The third kappa shape index (κ3) is 5.54. The van der Waals surface area contributed by atoms with Crippen molar-refractivity contribution in [2.75, 3.05) is 10.3 Å². The Labute approximate surface area is 240 Å². The minimum Gasteiger partial charge on any atom is -0.505 e. The molecule has 222 valence electrons. The fraction of sp³-hybridized carbons (Fsp3) is 0.133. The van der Waals surface area contributed by atoms with Crippen molar-refractivity contribution >= 4 is 29.1 Å². The molecule has 8 nitrogen and oxygen atoms in total. The number of hydrogen-bond donors (Lipinski definition) is 4. The molecule has 0 aromatic heterocycles. The molecule has 0 saturated carbocycles. The van der Waals surface area contributed by atoms with Crippen molar-refractivity contribution in [3.05, 3.63) is 101 Å². The number of benzene rings is 4. The number of para-hydroxylation sites is 1. The summed E-state index contributed by atoms with van der Waals surface area (Å²) in [5.41, 5.74) is 5.45. The molecule has 0 fully saturated rings. The van der Waals surface area contributed by atoms with Gasteiger partial charge in [-0.3, -0.25) is 9.69 Å². The average molecular weight is 600 g/mol. The Kier molecular flexibility index (Phi) is 7.44. The fourth-order valence-corrected chi connectivity index (χ4v) is 4.74. The highest BCUT2D eigenvalue weighted by Crippen LogP contribution is 2.46. The molecule has 5 rings (SSSR count). The van der Waals surface area contributed by atoms with Crippen LogP contribution in [0.4, 0.5) is 43.8 Å². The molecule has 0 bridgehead atoms. The van der Waals surface area contributed by atoms with E-state index in [4.69, 9.17) is 5.11 Å².